The van der Waals surface area contributed by atoms with E-state index in [2.05, 4.69) is 10.5 Å². The van der Waals surface area contributed by atoms with Crippen molar-refractivity contribution >= 4 is 17.5 Å². The molecule has 0 aliphatic rings. The number of amides is 1. The third kappa shape index (κ3) is 5.38. The van der Waals surface area contributed by atoms with Crippen LogP contribution >= 0.6 is 11.6 Å². The first-order valence-electron chi connectivity index (χ1n) is 9.25. The number of nitrogens with zero attached hydrogens (tertiary/aromatic N) is 1. The van der Waals surface area contributed by atoms with Crippen molar-refractivity contribution in [3.05, 3.63) is 70.2 Å². The smallest absolute Gasteiger partial charge is 0.416 e. The van der Waals surface area contributed by atoms with Gasteiger partial charge in [-0.25, -0.2) is 4.39 Å². The lowest BCUT2D eigenvalue weighted by Gasteiger charge is -2.14. The summed E-state index contributed by atoms with van der Waals surface area (Å²) in [4.78, 5) is 12.6. The van der Waals surface area contributed by atoms with E-state index in [9.17, 15) is 27.5 Å². The highest BCUT2D eigenvalue weighted by atomic mass is 35.5. The number of hydrogen-bond acceptors (Lipinski definition) is 5. The lowest BCUT2D eigenvalue weighted by Crippen LogP contribution is -2.35. The number of halogens is 5. The molecule has 2 aromatic carbocycles. The maximum absolute atomic E-state index is 14.2. The molecule has 1 amide bonds. The van der Waals surface area contributed by atoms with Crippen molar-refractivity contribution in [2.75, 3.05) is 13.2 Å². The van der Waals surface area contributed by atoms with Crippen LogP contribution in [0.5, 0.6) is 5.75 Å². The summed E-state index contributed by atoms with van der Waals surface area (Å²) >= 11 is 6.04. The van der Waals surface area contributed by atoms with Crippen LogP contribution in [0.1, 0.15) is 21.7 Å². The Balaban J connectivity index is 1.64. The van der Waals surface area contributed by atoms with Crippen LogP contribution in [0.4, 0.5) is 17.6 Å². The van der Waals surface area contributed by atoms with Crippen LogP contribution in [0.25, 0.3) is 11.3 Å². The van der Waals surface area contributed by atoms with Crippen molar-refractivity contribution < 1.29 is 36.7 Å². The number of aliphatic hydroxyl groups excluding tert-OH is 1. The number of aliphatic hydroxyl groups is 1. The first-order valence-corrected chi connectivity index (χ1v) is 9.62. The molecule has 11 heteroatoms. The second kappa shape index (κ2) is 9.58. The largest absolute Gasteiger partial charge is 0.491 e. The molecule has 0 saturated heterocycles. The van der Waals surface area contributed by atoms with Gasteiger partial charge in [0.2, 0.25) is 0 Å². The second-order valence-corrected chi connectivity index (χ2v) is 7.17. The lowest BCUT2D eigenvalue weighted by atomic mass is 10.0. The molecule has 1 unspecified atom stereocenters. The van der Waals surface area contributed by atoms with Crippen molar-refractivity contribution in [2.24, 2.45) is 0 Å². The number of aromatic nitrogens is 1. The number of nitrogens with one attached hydrogen (secondary N) is 1. The summed E-state index contributed by atoms with van der Waals surface area (Å²) in [6, 6.07) is 8.17. The molecule has 3 aromatic rings. The zero-order valence-corrected chi connectivity index (χ0v) is 17.3. The monoisotopic (exact) mass is 472 g/mol. The Morgan fingerprint density at radius 2 is 2.00 bits per heavy atom. The molecule has 3 rings (SSSR count). The lowest BCUT2D eigenvalue weighted by molar-refractivity contribution is -0.137. The summed E-state index contributed by atoms with van der Waals surface area (Å²) in [7, 11) is 0. The molecule has 1 aromatic heterocycles. The number of alkyl halides is 3. The summed E-state index contributed by atoms with van der Waals surface area (Å²) in [6.45, 7) is 0.774. The molecule has 0 aliphatic heterocycles. The highest BCUT2D eigenvalue weighted by Crippen LogP contribution is 2.33. The normalized spacial score (nSPS) is 12.5. The minimum Gasteiger partial charge on any atom is -0.491 e. The fourth-order valence-corrected chi connectivity index (χ4v) is 3.10. The molecule has 1 atom stereocenters. The van der Waals surface area contributed by atoms with Gasteiger partial charge >= 0.3 is 6.18 Å². The molecule has 0 radical (unpaired) electrons. The van der Waals surface area contributed by atoms with Gasteiger partial charge in [0.15, 0.2) is 0 Å². The standard InChI is InChI=1S/C21H17ClF4N2O4/c1-11-17(19(28-32-11)18-15(22)6-3-7-16(18)23)20(30)27-9-13(29)10-31-14-5-2-4-12(8-14)21(24,25)26/h2-8,13,29H,9-10H2,1H3,(H,27,30). The first kappa shape index (κ1) is 23.6. The van der Waals surface area contributed by atoms with Gasteiger partial charge in [-0.3, -0.25) is 4.79 Å². The molecule has 6 nitrogen and oxygen atoms in total. The van der Waals surface area contributed by atoms with E-state index in [0.29, 0.717) is 0 Å². The van der Waals surface area contributed by atoms with E-state index in [1.54, 1.807) is 0 Å². The van der Waals surface area contributed by atoms with Crippen LogP contribution in [-0.2, 0) is 6.18 Å². The SMILES string of the molecule is Cc1onc(-c2c(F)cccc2Cl)c1C(=O)NCC(O)COc1cccc(C(F)(F)F)c1. The average Bonchev–Trinajstić information content (AvgIpc) is 3.11. The molecule has 0 saturated carbocycles. The Bertz CT molecular complexity index is 1100. The summed E-state index contributed by atoms with van der Waals surface area (Å²) in [5.41, 5.74) is -1.16. The van der Waals surface area contributed by atoms with E-state index in [4.69, 9.17) is 20.9 Å². The molecule has 1 heterocycles. The van der Waals surface area contributed by atoms with Gasteiger partial charge in [0.1, 0.15) is 41.3 Å². The van der Waals surface area contributed by atoms with E-state index >= 15 is 0 Å². The molecule has 0 fully saturated rings. The van der Waals surface area contributed by atoms with E-state index < -0.39 is 29.6 Å². The molecule has 2 N–H and O–H groups in total. The summed E-state index contributed by atoms with van der Waals surface area (Å²) in [5.74, 6) is -1.39. The number of aryl methyl sites for hydroxylation is 1. The van der Waals surface area contributed by atoms with Crippen LogP contribution in [-0.4, -0.2) is 35.4 Å². The average molecular weight is 473 g/mol. The Morgan fingerprint density at radius 1 is 1.28 bits per heavy atom. The topological polar surface area (TPSA) is 84.6 Å². The molecular weight excluding hydrogens is 456 g/mol. The minimum absolute atomic E-state index is 0.0295. The van der Waals surface area contributed by atoms with Crippen LogP contribution < -0.4 is 10.1 Å². The minimum atomic E-state index is -4.53. The van der Waals surface area contributed by atoms with Gasteiger partial charge in [0.05, 0.1) is 16.1 Å². The first-order chi connectivity index (χ1) is 15.1. The van der Waals surface area contributed by atoms with E-state index in [1.807, 2.05) is 0 Å². The highest BCUT2D eigenvalue weighted by molar-refractivity contribution is 6.33. The molecule has 32 heavy (non-hydrogen) atoms. The number of benzene rings is 2. The third-order valence-electron chi connectivity index (χ3n) is 4.39. The van der Waals surface area contributed by atoms with Gasteiger partial charge in [-0.1, -0.05) is 28.9 Å². The van der Waals surface area contributed by atoms with Gasteiger partial charge in [-0.15, -0.1) is 0 Å². The molecular formula is C21H17ClF4N2O4. The fraction of sp³-hybridized carbons (Fsp3) is 0.238. The molecule has 170 valence electrons. The van der Waals surface area contributed by atoms with Crippen molar-refractivity contribution in [1.82, 2.24) is 10.5 Å². The van der Waals surface area contributed by atoms with Crippen LogP contribution in [0.15, 0.2) is 47.0 Å². The van der Waals surface area contributed by atoms with Gasteiger partial charge in [-0.05, 0) is 37.3 Å². The van der Waals surface area contributed by atoms with Gasteiger partial charge in [0.25, 0.3) is 5.91 Å². The Morgan fingerprint density at radius 3 is 2.69 bits per heavy atom. The Kier molecular flexibility index (Phi) is 7.05. The number of ether oxygens (including phenoxy) is 1. The maximum atomic E-state index is 14.2. The van der Waals surface area contributed by atoms with E-state index in [1.165, 1.54) is 31.2 Å². The quantitative estimate of drug-likeness (QED) is 0.490. The van der Waals surface area contributed by atoms with Crippen molar-refractivity contribution in [1.29, 1.82) is 0 Å². The molecule has 0 bridgehead atoms. The predicted molar refractivity (Wildman–Crippen MR) is 107 cm³/mol. The van der Waals surface area contributed by atoms with Gasteiger partial charge in [0, 0.05) is 6.54 Å². The zero-order chi connectivity index (χ0) is 23.5. The number of carbonyl (C=O) groups excluding carboxylic acids is 1. The maximum Gasteiger partial charge on any atom is 0.416 e. The summed E-state index contributed by atoms with van der Waals surface area (Å²) < 4.78 is 62.7. The summed E-state index contributed by atoms with van der Waals surface area (Å²) in [6.07, 6.45) is -5.77. The van der Waals surface area contributed by atoms with Crippen molar-refractivity contribution in [3.8, 4) is 17.0 Å². The number of hydrogen-bond donors (Lipinski definition) is 2. The van der Waals surface area contributed by atoms with Gasteiger partial charge in [-0.2, -0.15) is 13.2 Å². The Hall–Kier alpha value is -3.11. The molecule has 0 spiro atoms. The second-order valence-electron chi connectivity index (χ2n) is 6.76. The van der Waals surface area contributed by atoms with E-state index in [0.717, 1.165) is 18.2 Å². The molecule has 0 aliphatic carbocycles. The Labute approximate surface area is 184 Å². The number of rotatable bonds is 7. The fourth-order valence-electron chi connectivity index (χ4n) is 2.85. The predicted octanol–water partition coefficient (Wildman–Crippen LogP) is 4.63. The summed E-state index contributed by atoms with van der Waals surface area (Å²) in [5, 5.41) is 16.2. The van der Waals surface area contributed by atoms with Crippen LogP contribution in [0, 0.1) is 12.7 Å². The van der Waals surface area contributed by atoms with Crippen LogP contribution in [0.3, 0.4) is 0 Å². The van der Waals surface area contributed by atoms with E-state index in [-0.39, 0.29) is 46.5 Å². The highest BCUT2D eigenvalue weighted by Gasteiger charge is 2.30. The third-order valence-corrected chi connectivity index (χ3v) is 4.71. The zero-order valence-electron chi connectivity index (χ0n) is 16.5. The van der Waals surface area contributed by atoms with Crippen molar-refractivity contribution in [2.45, 2.75) is 19.2 Å². The van der Waals surface area contributed by atoms with Crippen LogP contribution in [0.2, 0.25) is 5.02 Å². The number of carbonyl (C=O) groups is 1. The van der Waals surface area contributed by atoms with Gasteiger partial charge < -0.3 is 19.7 Å². The van der Waals surface area contributed by atoms with Crippen molar-refractivity contribution in [3.63, 3.8) is 0 Å².